The minimum absolute atomic E-state index is 0.258. The lowest BCUT2D eigenvalue weighted by atomic mass is 10.3. The van der Waals surface area contributed by atoms with Crippen LogP contribution in [0.1, 0.15) is 0 Å². The summed E-state index contributed by atoms with van der Waals surface area (Å²) in [6.07, 6.45) is 4.81. The average molecular weight is 250 g/mol. The molecule has 0 amide bonds. The molecule has 0 aliphatic carbocycles. The predicted molar refractivity (Wildman–Crippen MR) is 68.9 cm³/mol. The number of hydrogen-bond donors (Lipinski definition) is 2. The van der Waals surface area contributed by atoms with Crippen molar-refractivity contribution in [3.63, 3.8) is 0 Å². The second-order valence-corrected chi connectivity index (χ2v) is 3.98. The van der Waals surface area contributed by atoms with Crippen LogP contribution in [0.3, 0.4) is 0 Å². The van der Waals surface area contributed by atoms with Crippen molar-refractivity contribution in [2.24, 2.45) is 0 Å². The van der Waals surface area contributed by atoms with Crippen LogP contribution < -0.4 is 4.74 Å². The largest absolute Gasteiger partial charge is 0.491 e. The molecule has 1 aromatic heterocycles. The summed E-state index contributed by atoms with van der Waals surface area (Å²) in [5, 5.41) is 9.31. The lowest BCUT2D eigenvalue weighted by molar-refractivity contribution is 0.126. The Morgan fingerprint density at radius 3 is 2.71 bits per heavy atom. The van der Waals surface area contributed by atoms with Crippen molar-refractivity contribution >= 4 is 12.6 Å². The number of nitrogens with zero attached hydrogens (tertiary/aromatic N) is 2. The van der Waals surface area contributed by atoms with Gasteiger partial charge in [-0.3, -0.25) is 0 Å². The molecule has 1 heterocycles. The number of hydrogen-bond acceptors (Lipinski definition) is 4. The second kappa shape index (κ2) is 5.75. The first-order valence-corrected chi connectivity index (χ1v) is 5.93. The number of aliphatic hydroxyl groups excluding tert-OH is 1. The molecule has 1 unspecified atom stereocenters. The zero-order valence-electron chi connectivity index (χ0n) is 9.23. The van der Waals surface area contributed by atoms with Crippen LogP contribution in [0.4, 0.5) is 0 Å². The van der Waals surface area contributed by atoms with E-state index < -0.39 is 6.10 Å². The monoisotopic (exact) mass is 250 g/mol. The van der Waals surface area contributed by atoms with Crippen LogP contribution in [0.25, 0.3) is 5.69 Å². The van der Waals surface area contributed by atoms with E-state index in [1.807, 2.05) is 35.0 Å². The molecule has 1 atom stereocenters. The number of thiol groups is 1. The van der Waals surface area contributed by atoms with Crippen molar-refractivity contribution in [1.29, 1.82) is 0 Å². The topological polar surface area (TPSA) is 47.3 Å². The third-order valence-electron chi connectivity index (χ3n) is 2.29. The SMILES string of the molecule is OC(CS)COc1ccc(-n2ccnc2)cc1. The molecule has 2 aromatic rings. The molecule has 0 aliphatic heterocycles. The van der Waals surface area contributed by atoms with E-state index in [9.17, 15) is 5.11 Å². The lowest BCUT2D eigenvalue weighted by Crippen LogP contribution is -2.18. The predicted octanol–water partition coefficient (Wildman–Crippen LogP) is 1.54. The maximum Gasteiger partial charge on any atom is 0.119 e. The van der Waals surface area contributed by atoms with Gasteiger partial charge in [0.05, 0.1) is 12.4 Å². The van der Waals surface area contributed by atoms with E-state index in [1.165, 1.54) is 0 Å². The molecule has 2 rings (SSSR count). The van der Waals surface area contributed by atoms with Gasteiger partial charge in [0.15, 0.2) is 0 Å². The van der Waals surface area contributed by atoms with E-state index in [2.05, 4.69) is 17.6 Å². The van der Waals surface area contributed by atoms with Crippen molar-refractivity contribution in [1.82, 2.24) is 9.55 Å². The smallest absolute Gasteiger partial charge is 0.119 e. The van der Waals surface area contributed by atoms with Crippen molar-refractivity contribution in [2.75, 3.05) is 12.4 Å². The molecule has 1 N–H and O–H groups in total. The first-order valence-electron chi connectivity index (χ1n) is 5.29. The van der Waals surface area contributed by atoms with Crippen LogP contribution >= 0.6 is 12.6 Å². The highest BCUT2D eigenvalue weighted by molar-refractivity contribution is 7.80. The highest BCUT2D eigenvalue weighted by atomic mass is 32.1. The normalized spacial score (nSPS) is 12.4. The van der Waals surface area contributed by atoms with E-state index in [-0.39, 0.29) is 6.61 Å². The number of imidazole rings is 1. The zero-order valence-corrected chi connectivity index (χ0v) is 10.1. The third-order valence-corrected chi connectivity index (χ3v) is 2.71. The third kappa shape index (κ3) is 3.25. The van der Waals surface area contributed by atoms with Gasteiger partial charge in [-0.15, -0.1) is 0 Å². The minimum atomic E-state index is -0.536. The molecule has 4 nitrogen and oxygen atoms in total. The van der Waals surface area contributed by atoms with Gasteiger partial charge in [-0.1, -0.05) is 0 Å². The Morgan fingerprint density at radius 1 is 1.35 bits per heavy atom. The average Bonchev–Trinajstić information content (AvgIpc) is 2.90. The Balaban J connectivity index is 1.99. The van der Waals surface area contributed by atoms with Gasteiger partial charge in [-0.2, -0.15) is 12.6 Å². The van der Waals surface area contributed by atoms with Crippen molar-refractivity contribution in [3.8, 4) is 11.4 Å². The Morgan fingerprint density at radius 2 is 2.12 bits per heavy atom. The summed E-state index contributed by atoms with van der Waals surface area (Å²) in [5.41, 5.74) is 1.02. The highest BCUT2D eigenvalue weighted by Gasteiger charge is 2.02. The number of rotatable bonds is 5. The van der Waals surface area contributed by atoms with Crippen LogP contribution in [0.15, 0.2) is 43.0 Å². The van der Waals surface area contributed by atoms with E-state index in [0.717, 1.165) is 11.4 Å². The molecule has 0 saturated heterocycles. The van der Waals surface area contributed by atoms with E-state index in [0.29, 0.717) is 5.75 Å². The Hall–Kier alpha value is -1.46. The quantitative estimate of drug-likeness (QED) is 0.791. The Bertz CT molecular complexity index is 442. The molecular weight excluding hydrogens is 236 g/mol. The van der Waals surface area contributed by atoms with Crippen LogP contribution in [0, 0.1) is 0 Å². The molecular formula is C12H14N2O2S. The summed E-state index contributed by atoms with van der Waals surface area (Å²) in [6.45, 7) is 0.258. The highest BCUT2D eigenvalue weighted by Crippen LogP contribution is 2.15. The molecule has 0 bridgehead atoms. The fourth-order valence-electron chi connectivity index (χ4n) is 1.37. The molecule has 17 heavy (non-hydrogen) atoms. The van der Waals surface area contributed by atoms with Crippen LogP contribution in [0.2, 0.25) is 0 Å². The lowest BCUT2D eigenvalue weighted by Gasteiger charge is -2.10. The molecule has 90 valence electrons. The van der Waals surface area contributed by atoms with Gasteiger partial charge in [-0.05, 0) is 24.3 Å². The molecule has 5 heteroatoms. The van der Waals surface area contributed by atoms with Gasteiger partial charge >= 0.3 is 0 Å². The number of aromatic nitrogens is 2. The molecule has 0 radical (unpaired) electrons. The standard InChI is InChI=1S/C12H14N2O2S/c15-11(8-17)7-16-12-3-1-10(2-4-12)14-6-5-13-9-14/h1-6,9,11,15,17H,7-8H2. The van der Waals surface area contributed by atoms with Gasteiger partial charge < -0.3 is 14.4 Å². The fraction of sp³-hybridized carbons (Fsp3) is 0.250. The van der Waals surface area contributed by atoms with Crippen LogP contribution in [-0.4, -0.2) is 33.1 Å². The van der Waals surface area contributed by atoms with Gasteiger partial charge in [0.1, 0.15) is 12.4 Å². The Kier molecular flexibility index (Phi) is 4.06. The number of ether oxygens (including phenoxy) is 1. The maximum absolute atomic E-state index is 9.31. The van der Waals surface area contributed by atoms with Crippen molar-refractivity contribution in [3.05, 3.63) is 43.0 Å². The second-order valence-electron chi connectivity index (χ2n) is 3.61. The van der Waals surface area contributed by atoms with Crippen LogP contribution in [0.5, 0.6) is 5.75 Å². The minimum Gasteiger partial charge on any atom is -0.491 e. The maximum atomic E-state index is 9.31. The molecule has 0 fully saturated rings. The summed E-state index contributed by atoms with van der Waals surface area (Å²) in [4.78, 5) is 3.98. The van der Waals surface area contributed by atoms with Crippen molar-refractivity contribution < 1.29 is 9.84 Å². The molecule has 0 spiro atoms. The zero-order chi connectivity index (χ0) is 12.1. The fourth-order valence-corrected chi connectivity index (χ4v) is 1.48. The van der Waals surface area contributed by atoms with Gasteiger partial charge in [0.2, 0.25) is 0 Å². The van der Waals surface area contributed by atoms with Gasteiger partial charge in [-0.25, -0.2) is 4.98 Å². The molecule has 0 aliphatic rings. The summed E-state index contributed by atoms with van der Waals surface area (Å²) in [7, 11) is 0. The summed E-state index contributed by atoms with van der Waals surface area (Å²) in [5.74, 6) is 1.13. The summed E-state index contributed by atoms with van der Waals surface area (Å²) < 4.78 is 7.32. The number of benzene rings is 1. The number of aliphatic hydroxyl groups is 1. The molecule has 1 aromatic carbocycles. The van der Waals surface area contributed by atoms with E-state index >= 15 is 0 Å². The summed E-state index contributed by atoms with van der Waals surface area (Å²) in [6, 6.07) is 7.59. The first kappa shape index (κ1) is 12.0. The first-order chi connectivity index (χ1) is 8.29. The van der Waals surface area contributed by atoms with E-state index in [4.69, 9.17) is 4.74 Å². The van der Waals surface area contributed by atoms with E-state index in [1.54, 1.807) is 12.5 Å². The molecule has 0 saturated carbocycles. The van der Waals surface area contributed by atoms with Crippen molar-refractivity contribution in [2.45, 2.75) is 6.10 Å². The van der Waals surface area contributed by atoms with Gasteiger partial charge in [0.25, 0.3) is 0 Å². The Labute approximate surface area is 105 Å². The van der Waals surface area contributed by atoms with Gasteiger partial charge in [0, 0.05) is 23.8 Å². The summed E-state index contributed by atoms with van der Waals surface area (Å²) >= 11 is 3.98. The van der Waals surface area contributed by atoms with Crippen LogP contribution in [-0.2, 0) is 0 Å².